The molecule has 1 aromatic carbocycles. The fourth-order valence-electron chi connectivity index (χ4n) is 5.09. The molecule has 0 radical (unpaired) electrons. The highest BCUT2D eigenvalue weighted by molar-refractivity contribution is 7.15. The zero-order valence-electron chi connectivity index (χ0n) is 17.7. The summed E-state index contributed by atoms with van der Waals surface area (Å²) in [4.78, 5) is 29.2. The van der Waals surface area contributed by atoms with Crippen molar-refractivity contribution < 1.29 is 14.3 Å². The van der Waals surface area contributed by atoms with Gasteiger partial charge < -0.3 is 9.64 Å². The van der Waals surface area contributed by atoms with Gasteiger partial charge in [-0.05, 0) is 37.8 Å². The van der Waals surface area contributed by atoms with Gasteiger partial charge in [-0.3, -0.25) is 14.9 Å². The van der Waals surface area contributed by atoms with Crippen LogP contribution in [0.3, 0.4) is 0 Å². The van der Waals surface area contributed by atoms with E-state index in [0.29, 0.717) is 22.3 Å². The van der Waals surface area contributed by atoms with Crippen LogP contribution in [-0.4, -0.2) is 45.6 Å². The van der Waals surface area contributed by atoms with Gasteiger partial charge >= 0.3 is 0 Å². The van der Waals surface area contributed by atoms with Crippen molar-refractivity contribution in [3.8, 4) is 0 Å². The molecule has 1 saturated carbocycles. The van der Waals surface area contributed by atoms with Gasteiger partial charge in [0.15, 0.2) is 0 Å². The van der Waals surface area contributed by atoms with Crippen molar-refractivity contribution in [1.29, 1.82) is 0 Å². The Morgan fingerprint density at radius 3 is 2.77 bits per heavy atom. The predicted molar refractivity (Wildman–Crippen MR) is 116 cm³/mol. The molecule has 2 atom stereocenters. The van der Waals surface area contributed by atoms with Crippen LogP contribution in [0.4, 0.5) is 5.13 Å². The van der Waals surface area contributed by atoms with Crippen LogP contribution in [0.25, 0.3) is 0 Å². The van der Waals surface area contributed by atoms with Crippen molar-refractivity contribution >= 4 is 28.3 Å². The Morgan fingerprint density at radius 1 is 1.33 bits per heavy atom. The van der Waals surface area contributed by atoms with E-state index in [4.69, 9.17) is 4.74 Å². The van der Waals surface area contributed by atoms with E-state index < -0.39 is 11.5 Å². The fourth-order valence-corrected chi connectivity index (χ4v) is 5.81. The van der Waals surface area contributed by atoms with Crippen LogP contribution in [0.1, 0.15) is 72.8 Å². The summed E-state index contributed by atoms with van der Waals surface area (Å²) >= 11 is 1.31. The Morgan fingerprint density at radius 2 is 2.07 bits per heavy atom. The number of benzene rings is 1. The van der Waals surface area contributed by atoms with Crippen LogP contribution in [0.2, 0.25) is 0 Å². The van der Waals surface area contributed by atoms with E-state index >= 15 is 0 Å². The maximum absolute atomic E-state index is 13.7. The molecule has 30 heavy (non-hydrogen) atoms. The molecule has 2 unspecified atom stereocenters. The molecular formula is C22H28N4O3S. The maximum atomic E-state index is 13.7. The lowest BCUT2D eigenvalue weighted by molar-refractivity contribution is -0.121. The highest BCUT2D eigenvalue weighted by Crippen LogP contribution is 2.51. The third-order valence-corrected chi connectivity index (χ3v) is 7.28. The Labute approximate surface area is 180 Å². The molecule has 1 aliphatic heterocycles. The van der Waals surface area contributed by atoms with Gasteiger partial charge in [0, 0.05) is 18.7 Å². The molecule has 160 valence electrons. The lowest BCUT2D eigenvalue weighted by atomic mass is 9.70. The topological polar surface area (TPSA) is 84.4 Å². The first-order valence-corrected chi connectivity index (χ1v) is 11.4. The Bertz CT molecular complexity index is 938. The molecule has 1 spiro atoms. The van der Waals surface area contributed by atoms with Crippen LogP contribution < -0.4 is 5.32 Å². The summed E-state index contributed by atoms with van der Waals surface area (Å²) in [7, 11) is 1.60. The number of hydrogen-bond acceptors (Lipinski definition) is 6. The summed E-state index contributed by atoms with van der Waals surface area (Å²) < 4.78 is 5.10. The Balaban J connectivity index is 1.77. The summed E-state index contributed by atoms with van der Waals surface area (Å²) in [6.45, 7) is 4.54. The van der Waals surface area contributed by atoms with Crippen LogP contribution in [-0.2, 0) is 16.1 Å². The van der Waals surface area contributed by atoms with E-state index in [9.17, 15) is 9.59 Å². The summed E-state index contributed by atoms with van der Waals surface area (Å²) in [6, 6.07) is 7.62. The SMILES string of the molecule is CCC(C)N1C(=O)c2ccccc2C(C(=O)Nc2nnc(COC)s2)C12CCCC2. The zero-order valence-corrected chi connectivity index (χ0v) is 18.5. The minimum absolute atomic E-state index is 0.0456. The first kappa shape index (κ1) is 20.9. The number of methoxy groups -OCH3 is 1. The highest BCUT2D eigenvalue weighted by atomic mass is 32.1. The molecule has 4 rings (SSSR count). The molecule has 0 bridgehead atoms. The van der Waals surface area contributed by atoms with E-state index in [-0.39, 0.29) is 17.9 Å². The van der Waals surface area contributed by atoms with Gasteiger partial charge in [-0.15, -0.1) is 10.2 Å². The number of nitrogens with zero attached hydrogens (tertiary/aromatic N) is 3. The summed E-state index contributed by atoms with van der Waals surface area (Å²) in [5.74, 6) is -0.507. The molecule has 7 nitrogen and oxygen atoms in total. The number of carbonyl (C=O) groups is 2. The highest BCUT2D eigenvalue weighted by Gasteiger charge is 2.56. The fraction of sp³-hybridized carbons (Fsp3) is 0.545. The second-order valence-electron chi connectivity index (χ2n) is 8.19. The molecule has 1 aromatic heterocycles. The molecular weight excluding hydrogens is 400 g/mol. The van der Waals surface area contributed by atoms with Crippen molar-refractivity contribution in [2.45, 2.75) is 70.1 Å². The van der Waals surface area contributed by atoms with Crippen LogP contribution in [0.15, 0.2) is 24.3 Å². The van der Waals surface area contributed by atoms with E-state index in [1.807, 2.05) is 29.2 Å². The first-order valence-electron chi connectivity index (χ1n) is 10.6. The van der Waals surface area contributed by atoms with Crippen LogP contribution in [0.5, 0.6) is 0 Å². The molecule has 2 amide bonds. The van der Waals surface area contributed by atoms with Crippen molar-refractivity contribution in [2.24, 2.45) is 0 Å². The Kier molecular flexibility index (Phi) is 5.88. The molecule has 1 aliphatic carbocycles. The number of carbonyl (C=O) groups excluding carboxylic acids is 2. The normalized spacial score (nSPS) is 21.0. The molecule has 1 fully saturated rings. The number of ether oxygens (including phenoxy) is 1. The second-order valence-corrected chi connectivity index (χ2v) is 9.25. The van der Waals surface area contributed by atoms with Gasteiger partial charge in [-0.2, -0.15) is 0 Å². The van der Waals surface area contributed by atoms with Crippen LogP contribution in [0, 0.1) is 0 Å². The zero-order chi connectivity index (χ0) is 21.3. The molecule has 0 saturated heterocycles. The molecule has 2 aliphatic rings. The van der Waals surface area contributed by atoms with E-state index in [1.54, 1.807) is 7.11 Å². The maximum Gasteiger partial charge on any atom is 0.254 e. The van der Waals surface area contributed by atoms with Gasteiger partial charge in [0.25, 0.3) is 5.91 Å². The van der Waals surface area contributed by atoms with Crippen molar-refractivity contribution in [3.05, 3.63) is 40.4 Å². The van der Waals surface area contributed by atoms with Gasteiger partial charge in [0.2, 0.25) is 11.0 Å². The quantitative estimate of drug-likeness (QED) is 0.752. The number of amides is 2. The molecule has 2 aromatic rings. The smallest absolute Gasteiger partial charge is 0.254 e. The van der Waals surface area contributed by atoms with Gasteiger partial charge in [-0.25, -0.2) is 0 Å². The monoisotopic (exact) mass is 428 g/mol. The number of nitrogens with one attached hydrogen (secondary N) is 1. The minimum atomic E-state index is -0.495. The van der Waals surface area contributed by atoms with Gasteiger partial charge in [0.1, 0.15) is 11.6 Å². The largest absolute Gasteiger partial charge is 0.377 e. The average Bonchev–Trinajstić information content (AvgIpc) is 3.38. The number of aromatic nitrogens is 2. The van der Waals surface area contributed by atoms with E-state index in [2.05, 4.69) is 29.4 Å². The number of rotatable bonds is 6. The molecule has 2 heterocycles. The number of hydrogen-bond donors (Lipinski definition) is 1. The second kappa shape index (κ2) is 8.43. The summed E-state index contributed by atoms with van der Waals surface area (Å²) in [5, 5.41) is 12.3. The van der Waals surface area contributed by atoms with Crippen LogP contribution >= 0.6 is 11.3 Å². The van der Waals surface area contributed by atoms with E-state index in [1.165, 1.54) is 11.3 Å². The van der Waals surface area contributed by atoms with Crippen molar-refractivity contribution in [1.82, 2.24) is 15.1 Å². The van der Waals surface area contributed by atoms with Crippen molar-refractivity contribution in [2.75, 3.05) is 12.4 Å². The summed E-state index contributed by atoms with van der Waals surface area (Å²) in [5.41, 5.74) is 0.959. The standard InChI is InChI=1S/C22H28N4O3S/c1-4-14(2)26-20(28)16-10-6-5-9-15(16)18(22(26)11-7-8-12-22)19(27)23-21-25-24-17(30-21)13-29-3/h5-6,9-10,14,18H,4,7-8,11-13H2,1-3H3,(H,23,25,27). The molecule has 1 N–H and O–H groups in total. The third-order valence-electron chi connectivity index (χ3n) is 6.47. The van der Waals surface area contributed by atoms with E-state index in [0.717, 1.165) is 37.7 Å². The number of anilines is 1. The number of fused-ring (bicyclic) bond motifs is 1. The molecule has 8 heteroatoms. The Hall–Kier alpha value is -2.32. The van der Waals surface area contributed by atoms with Gasteiger partial charge in [-0.1, -0.05) is 49.3 Å². The average molecular weight is 429 g/mol. The predicted octanol–water partition coefficient (Wildman–Crippen LogP) is 3.97. The third kappa shape index (κ3) is 3.41. The van der Waals surface area contributed by atoms with Crippen molar-refractivity contribution in [3.63, 3.8) is 0 Å². The minimum Gasteiger partial charge on any atom is -0.377 e. The summed E-state index contributed by atoms with van der Waals surface area (Å²) in [6.07, 6.45) is 4.55. The lowest BCUT2D eigenvalue weighted by Gasteiger charge is -2.52. The van der Waals surface area contributed by atoms with Gasteiger partial charge in [0.05, 0.1) is 11.5 Å². The first-order chi connectivity index (χ1) is 14.5. The lowest BCUT2D eigenvalue weighted by Crippen LogP contribution is -2.62.